The first-order chi connectivity index (χ1) is 6.18. The maximum absolute atomic E-state index is 11.1. The summed E-state index contributed by atoms with van der Waals surface area (Å²) >= 11 is 0. The topological polar surface area (TPSA) is 84.2 Å². The number of primary amides is 1. The van der Waals surface area contributed by atoms with Gasteiger partial charge in [-0.2, -0.15) is 0 Å². The smallest absolute Gasteiger partial charge is 0.229 e. The van der Waals surface area contributed by atoms with E-state index < -0.39 is 5.91 Å². The van der Waals surface area contributed by atoms with Gasteiger partial charge in [0.05, 0.1) is 0 Å². The Balaban J connectivity index is 2.22. The Morgan fingerprint density at radius 1 is 1.54 bits per heavy atom. The second-order valence-electron chi connectivity index (χ2n) is 3.25. The lowest BCUT2D eigenvalue weighted by Gasteiger charge is -2.23. The second-order valence-corrected chi connectivity index (χ2v) is 3.25. The summed E-state index contributed by atoms with van der Waals surface area (Å²) in [6.45, 7) is 1.78. The molecule has 2 amide bonds. The summed E-state index contributed by atoms with van der Waals surface area (Å²) in [4.78, 5) is 21.5. The van der Waals surface area contributed by atoms with Gasteiger partial charge in [0.1, 0.15) is 6.42 Å². The summed E-state index contributed by atoms with van der Waals surface area (Å²) in [7, 11) is 0. The molecule has 1 saturated heterocycles. The van der Waals surface area contributed by atoms with Crippen molar-refractivity contribution in [3.63, 3.8) is 0 Å². The van der Waals surface area contributed by atoms with Gasteiger partial charge in [-0.05, 0) is 19.4 Å². The van der Waals surface area contributed by atoms with Crippen LogP contribution >= 0.6 is 0 Å². The van der Waals surface area contributed by atoms with Gasteiger partial charge in [-0.25, -0.2) is 0 Å². The predicted molar refractivity (Wildman–Crippen MR) is 47.8 cm³/mol. The zero-order chi connectivity index (χ0) is 9.68. The van der Waals surface area contributed by atoms with E-state index in [2.05, 4.69) is 10.6 Å². The molecule has 0 spiro atoms. The number of hydrogen-bond donors (Lipinski definition) is 3. The van der Waals surface area contributed by atoms with Crippen molar-refractivity contribution in [1.82, 2.24) is 10.6 Å². The number of amides is 2. The molecular weight excluding hydrogens is 170 g/mol. The summed E-state index contributed by atoms with van der Waals surface area (Å²) < 4.78 is 0. The maximum Gasteiger partial charge on any atom is 0.229 e. The normalized spacial score (nSPS) is 22.3. The van der Waals surface area contributed by atoms with Crippen molar-refractivity contribution < 1.29 is 9.59 Å². The molecule has 0 aromatic carbocycles. The number of piperidine rings is 1. The SMILES string of the molecule is NC(=O)CC(=O)N[C@@H]1CCCNC1. The van der Waals surface area contributed by atoms with E-state index in [0.29, 0.717) is 0 Å². The first kappa shape index (κ1) is 9.98. The van der Waals surface area contributed by atoms with Gasteiger partial charge in [-0.15, -0.1) is 0 Å². The quantitative estimate of drug-likeness (QED) is 0.479. The fourth-order valence-electron chi connectivity index (χ4n) is 1.41. The van der Waals surface area contributed by atoms with Gasteiger partial charge in [0.2, 0.25) is 11.8 Å². The molecule has 5 nitrogen and oxygen atoms in total. The molecule has 0 saturated carbocycles. The van der Waals surface area contributed by atoms with E-state index in [1.165, 1.54) is 0 Å². The molecule has 0 aromatic heterocycles. The van der Waals surface area contributed by atoms with Crippen LogP contribution in [0.3, 0.4) is 0 Å². The number of rotatable bonds is 3. The lowest BCUT2D eigenvalue weighted by Crippen LogP contribution is -2.46. The lowest BCUT2D eigenvalue weighted by molar-refractivity contribution is -0.128. The Morgan fingerprint density at radius 2 is 2.31 bits per heavy atom. The van der Waals surface area contributed by atoms with Crippen molar-refractivity contribution in [1.29, 1.82) is 0 Å². The summed E-state index contributed by atoms with van der Waals surface area (Å²) in [5, 5.41) is 5.91. The molecule has 5 heteroatoms. The molecule has 4 N–H and O–H groups in total. The van der Waals surface area contributed by atoms with Crippen molar-refractivity contribution in [3.8, 4) is 0 Å². The van der Waals surface area contributed by atoms with Crippen LogP contribution < -0.4 is 16.4 Å². The van der Waals surface area contributed by atoms with Gasteiger partial charge >= 0.3 is 0 Å². The molecule has 1 aliphatic heterocycles. The van der Waals surface area contributed by atoms with Crippen molar-refractivity contribution >= 4 is 11.8 Å². The number of hydrogen-bond acceptors (Lipinski definition) is 3. The molecule has 0 unspecified atom stereocenters. The zero-order valence-corrected chi connectivity index (χ0v) is 7.51. The van der Waals surface area contributed by atoms with E-state index in [4.69, 9.17) is 5.73 Å². The average Bonchev–Trinajstić information content (AvgIpc) is 2.04. The fraction of sp³-hybridized carbons (Fsp3) is 0.750. The van der Waals surface area contributed by atoms with Crippen molar-refractivity contribution in [3.05, 3.63) is 0 Å². The van der Waals surface area contributed by atoms with Crippen LogP contribution in [0.25, 0.3) is 0 Å². The van der Waals surface area contributed by atoms with Crippen molar-refractivity contribution in [2.75, 3.05) is 13.1 Å². The van der Waals surface area contributed by atoms with E-state index in [-0.39, 0.29) is 18.4 Å². The highest BCUT2D eigenvalue weighted by Crippen LogP contribution is 2.00. The van der Waals surface area contributed by atoms with E-state index >= 15 is 0 Å². The van der Waals surface area contributed by atoms with Crippen LogP contribution in [0.15, 0.2) is 0 Å². The van der Waals surface area contributed by atoms with E-state index in [1.807, 2.05) is 0 Å². The van der Waals surface area contributed by atoms with Crippen molar-refractivity contribution in [2.45, 2.75) is 25.3 Å². The second kappa shape index (κ2) is 4.81. The van der Waals surface area contributed by atoms with E-state index in [9.17, 15) is 9.59 Å². The largest absolute Gasteiger partial charge is 0.369 e. The van der Waals surface area contributed by atoms with Gasteiger partial charge in [-0.1, -0.05) is 0 Å². The minimum absolute atomic E-state index is 0.153. The number of carbonyl (C=O) groups is 2. The third-order valence-electron chi connectivity index (χ3n) is 2.00. The first-order valence-corrected chi connectivity index (χ1v) is 4.47. The van der Waals surface area contributed by atoms with E-state index in [1.54, 1.807) is 0 Å². The van der Waals surface area contributed by atoms with Crippen LogP contribution in [0.1, 0.15) is 19.3 Å². The van der Waals surface area contributed by atoms with Crippen molar-refractivity contribution in [2.24, 2.45) is 5.73 Å². The fourth-order valence-corrected chi connectivity index (χ4v) is 1.41. The number of nitrogens with one attached hydrogen (secondary N) is 2. The Hall–Kier alpha value is -1.10. The minimum Gasteiger partial charge on any atom is -0.369 e. The summed E-state index contributed by atoms with van der Waals surface area (Å²) in [5.41, 5.74) is 4.88. The third-order valence-corrected chi connectivity index (χ3v) is 2.00. The lowest BCUT2D eigenvalue weighted by atomic mass is 10.1. The predicted octanol–water partition coefficient (Wildman–Crippen LogP) is -1.27. The molecular formula is C8H15N3O2. The summed E-state index contributed by atoms with van der Waals surface area (Å²) in [6.07, 6.45) is 1.82. The Bertz CT molecular complexity index is 200. The molecule has 1 aliphatic rings. The van der Waals surface area contributed by atoms with Gasteiger partial charge < -0.3 is 16.4 Å². The van der Waals surface area contributed by atoms with Crippen LogP contribution in [0.5, 0.6) is 0 Å². The highest BCUT2D eigenvalue weighted by atomic mass is 16.2. The molecule has 1 fully saturated rings. The number of carbonyl (C=O) groups excluding carboxylic acids is 2. The third kappa shape index (κ3) is 3.89. The molecule has 74 valence electrons. The highest BCUT2D eigenvalue weighted by molar-refractivity contribution is 5.96. The van der Waals surface area contributed by atoms with Gasteiger partial charge in [0, 0.05) is 12.6 Å². The molecule has 0 bridgehead atoms. The highest BCUT2D eigenvalue weighted by Gasteiger charge is 2.15. The van der Waals surface area contributed by atoms with Crippen LogP contribution in [-0.2, 0) is 9.59 Å². The molecule has 0 aliphatic carbocycles. The van der Waals surface area contributed by atoms with Crippen LogP contribution in [0, 0.1) is 0 Å². The van der Waals surface area contributed by atoms with Gasteiger partial charge in [-0.3, -0.25) is 9.59 Å². The molecule has 1 atom stereocenters. The Labute approximate surface area is 77.1 Å². The van der Waals surface area contributed by atoms with Crippen LogP contribution in [-0.4, -0.2) is 30.9 Å². The van der Waals surface area contributed by atoms with E-state index in [0.717, 1.165) is 25.9 Å². The van der Waals surface area contributed by atoms with Gasteiger partial charge in [0.15, 0.2) is 0 Å². The minimum atomic E-state index is -0.582. The van der Waals surface area contributed by atoms with Crippen LogP contribution in [0.4, 0.5) is 0 Å². The average molecular weight is 185 g/mol. The monoisotopic (exact) mass is 185 g/mol. The Kier molecular flexibility index (Phi) is 3.70. The summed E-state index contributed by atoms with van der Waals surface area (Å²) in [6, 6.07) is 0.153. The molecule has 0 radical (unpaired) electrons. The standard InChI is InChI=1S/C8H15N3O2/c9-7(12)4-8(13)11-6-2-1-3-10-5-6/h6,10H,1-5H2,(H2,9,12)(H,11,13)/t6-/m1/s1. The van der Waals surface area contributed by atoms with Crippen LogP contribution in [0.2, 0.25) is 0 Å². The number of nitrogens with two attached hydrogens (primary N) is 1. The molecule has 0 aromatic rings. The molecule has 1 rings (SSSR count). The Morgan fingerprint density at radius 3 is 2.85 bits per heavy atom. The molecule has 1 heterocycles. The first-order valence-electron chi connectivity index (χ1n) is 4.47. The molecule has 13 heavy (non-hydrogen) atoms. The summed E-state index contributed by atoms with van der Waals surface area (Å²) in [5.74, 6) is -0.859. The van der Waals surface area contributed by atoms with Gasteiger partial charge in [0.25, 0.3) is 0 Å². The zero-order valence-electron chi connectivity index (χ0n) is 7.51. The maximum atomic E-state index is 11.1.